The molecule has 0 bridgehead atoms. The molecule has 0 spiro atoms. The fraction of sp³-hybridized carbons (Fsp3) is 0.333. The lowest BCUT2D eigenvalue weighted by Gasteiger charge is -2.21. The van der Waals surface area contributed by atoms with Crippen molar-refractivity contribution in [1.82, 2.24) is 9.88 Å². The Bertz CT molecular complexity index is 1080. The van der Waals surface area contributed by atoms with E-state index >= 15 is 0 Å². The Hall–Kier alpha value is -2.74. The molecule has 1 aromatic heterocycles. The van der Waals surface area contributed by atoms with Crippen molar-refractivity contribution in [2.45, 2.75) is 32.6 Å². The number of hydrogen-bond donors (Lipinski definition) is 1. The van der Waals surface area contributed by atoms with Gasteiger partial charge in [-0.05, 0) is 55.3 Å². The fourth-order valence-corrected chi connectivity index (χ4v) is 3.81. The highest BCUT2D eigenvalue weighted by Crippen LogP contribution is 2.40. The highest BCUT2D eigenvalue weighted by Gasteiger charge is 2.37. The van der Waals surface area contributed by atoms with Gasteiger partial charge in [0.25, 0.3) is 0 Å². The number of likely N-dealkylation sites (N-methyl/N-ethyl adjacent to an activating group) is 1. The highest BCUT2D eigenvalue weighted by atomic mass is 19.4. The van der Waals surface area contributed by atoms with Crippen molar-refractivity contribution in [2.24, 2.45) is 0 Å². The maximum absolute atomic E-state index is 13.4. The van der Waals surface area contributed by atoms with Gasteiger partial charge >= 0.3 is 12.4 Å². The minimum absolute atomic E-state index is 0.138. The first-order valence-electron chi connectivity index (χ1n) is 10.2. The molecule has 0 unspecified atom stereocenters. The predicted octanol–water partition coefficient (Wildman–Crippen LogP) is 7.31. The molecule has 1 heterocycles. The molecule has 0 amide bonds. The Labute approximate surface area is 182 Å². The molecule has 0 aliphatic carbocycles. The van der Waals surface area contributed by atoms with Crippen LogP contribution in [0.3, 0.4) is 0 Å². The molecule has 32 heavy (non-hydrogen) atoms. The molecule has 3 rings (SSSR count). The van der Waals surface area contributed by atoms with Crippen molar-refractivity contribution >= 4 is 10.9 Å². The molecule has 0 saturated heterocycles. The number of fused-ring (bicyclic) bond motifs is 1. The monoisotopic (exact) mass is 454 g/mol. The maximum Gasteiger partial charge on any atom is 0.416 e. The summed E-state index contributed by atoms with van der Waals surface area (Å²) in [6.45, 7) is 9.79. The van der Waals surface area contributed by atoms with Crippen LogP contribution in [0.1, 0.15) is 30.5 Å². The summed E-state index contributed by atoms with van der Waals surface area (Å²) in [7, 11) is 0. The minimum Gasteiger partial charge on any atom is -0.354 e. The van der Waals surface area contributed by atoms with E-state index in [9.17, 15) is 26.3 Å². The van der Waals surface area contributed by atoms with Crippen LogP contribution in [0.2, 0.25) is 0 Å². The van der Waals surface area contributed by atoms with E-state index in [1.165, 1.54) is 0 Å². The van der Waals surface area contributed by atoms with E-state index in [-0.39, 0.29) is 17.3 Å². The van der Waals surface area contributed by atoms with Crippen LogP contribution in [-0.2, 0) is 18.8 Å². The molecule has 8 heteroatoms. The third kappa shape index (κ3) is 5.35. The van der Waals surface area contributed by atoms with Crippen LogP contribution in [0.5, 0.6) is 0 Å². The number of halogens is 6. The zero-order valence-corrected chi connectivity index (χ0v) is 17.8. The number of aromatic nitrogens is 1. The minimum atomic E-state index is -4.90. The number of alkyl halides is 6. The van der Waals surface area contributed by atoms with Crippen molar-refractivity contribution < 1.29 is 26.3 Å². The second-order valence-electron chi connectivity index (χ2n) is 7.89. The second-order valence-corrected chi connectivity index (χ2v) is 7.89. The Morgan fingerprint density at radius 3 is 2.09 bits per heavy atom. The number of rotatable bonds is 7. The molecule has 0 atom stereocenters. The fourth-order valence-electron chi connectivity index (χ4n) is 3.81. The topological polar surface area (TPSA) is 19.0 Å². The van der Waals surface area contributed by atoms with Crippen molar-refractivity contribution in [3.05, 3.63) is 71.3 Å². The summed E-state index contributed by atoms with van der Waals surface area (Å²) < 4.78 is 80.3. The summed E-state index contributed by atoms with van der Waals surface area (Å²) in [4.78, 5) is 5.18. The number of H-pyrrole nitrogens is 1. The number of para-hydroxylation sites is 1. The van der Waals surface area contributed by atoms with Gasteiger partial charge in [-0.15, -0.1) is 0 Å². The summed E-state index contributed by atoms with van der Waals surface area (Å²) in [5, 5.41) is 0.778. The highest BCUT2D eigenvalue weighted by molar-refractivity contribution is 5.91. The molecule has 172 valence electrons. The summed E-state index contributed by atoms with van der Waals surface area (Å²) in [6, 6.07) is 8.83. The first kappa shape index (κ1) is 23.9. The third-order valence-corrected chi connectivity index (χ3v) is 5.31. The molecular formula is C24H24F6N2. The molecule has 0 aliphatic heterocycles. The van der Waals surface area contributed by atoms with Gasteiger partial charge in [0.1, 0.15) is 0 Å². The van der Waals surface area contributed by atoms with Crippen LogP contribution in [0, 0.1) is 0 Å². The average molecular weight is 454 g/mol. The number of aromatic amines is 1. The first-order chi connectivity index (χ1) is 14.9. The van der Waals surface area contributed by atoms with Gasteiger partial charge in [0.15, 0.2) is 0 Å². The molecular weight excluding hydrogens is 430 g/mol. The van der Waals surface area contributed by atoms with E-state index in [0.717, 1.165) is 29.6 Å². The van der Waals surface area contributed by atoms with E-state index in [2.05, 4.69) is 16.5 Å². The summed E-state index contributed by atoms with van der Waals surface area (Å²) >= 11 is 0. The van der Waals surface area contributed by atoms with Crippen LogP contribution in [-0.4, -0.2) is 29.5 Å². The van der Waals surface area contributed by atoms with Crippen molar-refractivity contribution in [3.8, 4) is 11.3 Å². The Kier molecular flexibility index (Phi) is 6.74. The number of benzene rings is 2. The number of hydrogen-bond acceptors (Lipinski definition) is 1. The molecule has 0 radical (unpaired) electrons. The quantitative estimate of drug-likeness (QED) is 0.293. The van der Waals surface area contributed by atoms with Crippen LogP contribution in [0.4, 0.5) is 26.3 Å². The van der Waals surface area contributed by atoms with Gasteiger partial charge in [-0.3, -0.25) is 4.90 Å². The zero-order valence-electron chi connectivity index (χ0n) is 17.8. The van der Waals surface area contributed by atoms with Gasteiger partial charge in [0.05, 0.1) is 11.1 Å². The van der Waals surface area contributed by atoms with E-state index in [1.807, 2.05) is 19.9 Å². The SMILES string of the molecule is C=C(C)CN(CC)CCc1c(-c2cc(C(F)(F)F)cc(C(F)(F)F)c2)[nH]c2ccccc12. The third-order valence-electron chi connectivity index (χ3n) is 5.31. The van der Waals surface area contributed by atoms with Gasteiger partial charge in [-0.25, -0.2) is 0 Å². The summed E-state index contributed by atoms with van der Waals surface area (Å²) in [6.07, 6.45) is -9.34. The molecule has 0 fully saturated rings. The van der Waals surface area contributed by atoms with E-state index in [0.29, 0.717) is 30.6 Å². The largest absolute Gasteiger partial charge is 0.416 e. The zero-order chi connectivity index (χ0) is 23.7. The normalized spacial score (nSPS) is 12.7. The van der Waals surface area contributed by atoms with Crippen molar-refractivity contribution in [3.63, 3.8) is 0 Å². The van der Waals surface area contributed by atoms with Crippen LogP contribution >= 0.6 is 0 Å². The van der Waals surface area contributed by atoms with Gasteiger partial charge in [-0.1, -0.05) is 37.3 Å². The Morgan fingerprint density at radius 1 is 0.969 bits per heavy atom. The number of nitrogens with zero attached hydrogens (tertiary/aromatic N) is 1. The average Bonchev–Trinajstić information content (AvgIpc) is 3.08. The smallest absolute Gasteiger partial charge is 0.354 e. The predicted molar refractivity (Wildman–Crippen MR) is 114 cm³/mol. The summed E-state index contributed by atoms with van der Waals surface area (Å²) in [5.41, 5.74) is -0.206. The maximum atomic E-state index is 13.4. The van der Waals surface area contributed by atoms with E-state index in [1.54, 1.807) is 18.2 Å². The number of nitrogens with one attached hydrogen (secondary N) is 1. The molecule has 2 nitrogen and oxygen atoms in total. The van der Waals surface area contributed by atoms with Crippen LogP contribution in [0.15, 0.2) is 54.6 Å². The molecule has 0 saturated carbocycles. The van der Waals surface area contributed by atoms with E-state index < -0.39 is 23.5 Å². The van der Waals surface area contributed by atoms with Gasteiger partial charge in [0, 0.05) is 29.7 Å². The lowest BCUT2D eigenvalue weighted by molar-refractivity contribution is -0.143. The molecule has 3 aromatic rings. The Morgan fingerprint density at radius 2 is 1.56 bits per heavy atom. The van der Waals surface area contributed by atoms with Gasteiger partial charge in [0.2, 0.25) is 0 Å². The lowest BCUT2D eigenvalue weighted by atomic mass is 9.98. The molecule has 0 aliphatic rings. The van der Waals surface area contributed by atoms with Gasteiger partial charge < -0.3 is 4.98 Å². The van der Waals surface area contributed by atoms with Crippen molar-refractivity contribution in [2.75, 3.05) is 19.6 Å². The molecule has 1 N–H and O–H groups in total. The standard InChI is InChI=1S/C24H24F6N2/c1-4-32(14-15(2)3)10-9-20-19-7-5-6-8-21(19)31-22(20)16-11-17(23(25,26)27)13-18(12-16)24(28,29)30/h5-8,11-13,31H,2,4,9-10,14H2,1,3H3. The molecule has 2 aromatic carbocycles. The second kappa shape index (κ2) is 9.02. The van der Waals surface area contributed by atoms with Crippen molar-refractivity contribution in [1.29, 1.82) is 0 Å². The van der Waals surface area contributed by atoms with Gasteiger partial charge in [-0.2, -0.15) is 26.3 Å². The lowest BCUT2D eigenvalue weighted by Crippen LogP contribution is -2.27. The van der Waals surface area contributed by atoms with E-state index in [4.69, 9.17) is 0 Å². The first-order valence-corrected chi connectivity index (χ1v) is 10.2. The van der Waals surface area contributed by atoms with Crippen LogP contribution < -0.4 is 0 Å². The van der Waals surface area contributed by atoms with Crippen LogP contribution in [0.25, 0.3) is 22.2 Å². The Balaban J connectivity index is 2.14. The summed E-state index contributed by atoms with van der Waals surface area (Å²) in [5.74, 6) is 0.